The minimum absolute atomic E-state index is 1.12. The number of aliphatic hydroxyl groups excluding tert-OH is 1. The summed E-state index contributed by atoms with van der Waals surface area (Å²) in [6.07, 6.45) is -48.0. The molecule has 1 saturated heterocycles. The Morgan fingerprint density at radius 3 is 0.570 bits per heavy atom. The number of hydrogen-bond donors (Lipinski definition) is 2. The number of rotatable bonds is 23. The maximum Gasteiger partial charge on any atom is 0.460 e. The van der Waals surface area contributed by atoms with Crippen molar-refractivity contribution in [2.45, 2.75) is 186 Å². The molecule has 1 aliphatic rings. The molecule has 0 aliphatic carbocycles. The second kappa shape index (κ2) is 19.6. The second-order valence-corrected chi connectivity index (χ2v) is 17.3. The van der Waals surface area contributed by atoms with E-state index in [2.05, 4.69) is 9.47 Å². The Morgan fingerprint density at radius 2 is 0.395 bits per heavy atom. The number of hydrogen-bond acceptors (Lipinski definition) is 4. The van der Waals surface area contributed by atoms with E-state index in [0.29, 0.717) is 0 Å². The van der Waals surface area contributed by atoms with Crippen LogP contribution >= 0.6 is 0 Å². The number of aliphatic hydroxyl groups is 2. The van der Waals surface area contributed by atoms with Gasteiger partial charge in [0.1, 0.15) is 12.2 Å². The zero-order valence-corrected chi connectivity index (χ0v) is 37.7. The predicted octanol–water partition coefficient (Wildman–Crippen LogP) is 15.6. The van der Waals surface area contributed by atoms with Crippen LogP contribution in [0.1, 0.15) is 13.8 Å². The summed E-state index contributed by atoms with van der Waals surface area (Å²) in [4.78, 5) is 0. The van der Waals surface area contributed by atoms with E-state index >= 15 is 43.9 Å². The number of halogens is 51. The number of alkyl halides is 51. The Labute approximate surface area is 431 Å². The lowest BCUT2D eigenvalue weighted by atomic mass is 9.70. The van der Waals surface area contributed by atoms with E-state index in [1.807, 2.05) is 0 Å². The van der Waals surface area contributed by atoms with Crippen LogP contribution in [0.25, 0.3) is 0 Å². The summed E-state index contributed by atoms with van der Waals surface area (Å²) in [6, 6.07) is 0. The first-order chi connectivity index (χ1) is 36.1. The molecule has 0 radical (unpaired) electrons. The standard InChI is InChI=1S/C31H11F51O4/c1-6(2)85-3(4(83)8(32,33)11(38,39)14(44,45)17(50,51)20(56,57)23(62,63)26(68,69)29(74,75)76)5(86-6)7(84,9(34,35)12(40,41)15(46,47)18(52,53)21(58,59)24(64,65)27(70,71)30(77,78)79)10(36,37)13(42,43)16(48,49)19(54,55)22(60,61)25(66,67)28(72,73)31(80,81)82/h3-5,83-84H,1-2H3/t3-,4+,5+/m0/s1. The van der Waals surface area contributed by atoms with Gasteiger partial charge in [-0.3, -0.25) is 0 Å². The maximum absolute atomic E-state index is 16.1. The van der Waals surface area contributed by atoms with Gasteiger partial charge in [-0.1, -0.05) is 0 Å². The van der Waals surface area contributed by atoms with Gasteiger partial charge in [0, 0.05) is 0 Å². The van der Waals surface area contributed by atoms with E-state index in [4.69, 9.17) is 0 Å². The predicted molar refractivity (Wildman–Crippen MR) is 157 cm³/mol. The van der Waals surface area contributed by atoms with Crippen molar-refractivity contribution >= 4 is 0 Å². The third-order valence-electron chi connectivity index (χ3n) is 11.4. The van der Waals surface area contributed by atoms with Crippen molar-refractivity contribution < 1.29 is 244 Å². The normalized spacial score (nSPS) is 20.7. The van der Waals surface area contributed by atoms with Crippen molar-refractivity contribution in [2.24, 2.45) is 0 Å². The topological polar surface area (TPSA) is 58.9 Å². The fourth-order valence-corrected chi connectivity index (χ4v) is 6.27. The summed E-state index contributed by atoms with van der Waals surface area (Å²) in [6.45, 7) is -2.25. The highest BCUT2D eigenvalue weighted by molar-refractivity contribution is 5.28. The van der Waals surface area contributed by atoms with Crippen LogP contribution in [0.4, 0.5) is 224 Å². The van der Waals surface area contributed by atoms with Gasteiger partial charge in [0.25, 0.3) is 0 Å². The van der Waals surface area contributed by atoms with Crippen LogP contribution in [0.5, 0.6) is 0 Å². The molecule has 55 heteroatoms. The van der Waals surface area contributed by atoms with Crippen molar-refractivity contribution in [1.29, 1.82) is 0 Å². The molecule has 0 aromatic rings. The molecule has 0 unspecified atom stereocenters. The van der Waals surface area contributed by atoms with Gasteiger partial charge in [0.15, 0.2) is 11.9 Å². The van der Waals surface area contributed by atoms with Crippen LogP contribution in [0.3, 0.4) is 0 Å². The van der Waals surface area contributed by atoms with Crippen LogP contribution in [-0.4, -0.2) is 183 Å². The maximum atomic E-state index is 16.1. The minimum atomic E-state index is -11.0. The van der Waals surface area contributed by atoms with Crippen LogP contribution in [0.2, 0.25) is 0 Å². The highest BCUT2D eigenvalue weighted by atomic mass is 19.5. The zero-order chi connectivity index (χ0) is 71.1. The molecular weight excluding hydrogens is 1410 g/mol. The average molecular weight is 1420 g/mol. The van der Waals surface area contributed by atoms with Gasteiger partial charge >= 0.3 is 143 Å². The van der Waals surface area contributed by atoms with Crippen molar-refractivity contribution in [3.05, 3.63) is 0 Å². The summed E-state index contributed by atoms with van der Waals surface area (Å²) in [5.41, 5.74) is -10.3. The van der Waals surface area contributed by atoms with Crippen LogP contribution in [0, 0.1) is 0 Å². The van der Waals surface area contributed by atoms with E-state index in [-0.39, 0.29) is 0 Å². The molecule has 1 rings (SSSR count). The lowest BCUT2D eigenvalue weighted by Crippen LogP contribution is -2.85. The first-order valence-electron chi connectivity index (χ1n) is 19.0. The average Bonchev–Trinajstić information content (AvgIpc) is 3.60. The molecule has 1 heterocycles. The Kier molecular flexibility index (Phi) is 18.3. The van der Waals surface area contributed by atoms with Gasteiger partial charge in [0.2, 0.25) is 5.60 Å². The molecule has 1 aliphatic heterocycles. The SMILES string of the molecule is CC1(C)O[C@@H]([C@@H](O)C(F)(F)C(F)(F)C(F)(F)C(F)(F)C(F)(F)C(F)(F)C(F)(F)C(F)(F)F)[C@H](C(O)(C(F)(F)C(F)(F)C(F)(F)C(F)(F)C(F)(F)C(F)(F)C(F)(F)C(F)(F)F)C(F)(F)C(F)(F)C(F)(F)C(F)(F)C(F)(F)C(F)(F)C(F)(F)C(F)(F)F)O1. The highest BCUT2D eigenvalue weighted by Gasteiger charge is 3.03. The molecular formula is C31H11F51O4. The van der Waals surface area contributed by atoms with E-state index in [1.165, 1.54) is 0 Å². The minimum Gasteiger partial charge on any atom is -0.384 e. The lowest BCUT2D eigenvalue weighted by Gasteiger charge is -2.52. The molecule has 0 amide bonds. The van der Waals surface area contributed by atoms with E-state index in [0.717, 1.165) is 0 Å². The summed E-state index contributed by atoms with van der Waals surface area (Å²) in [5, 5.41) is 20.0. The number of ether oxygens (including phenoxy) is 2. The monoisotopic (exact) mass is 1420 g/mol. The Bertz CT molecular complexity index is 2350. The fraction of sp³-hybridized carbons (Fsp3) is 1.00. The van der Waals surface area contributed by atoms with Crippen LogP contribution in [0.15, 0.2) is 0 Å². The largest absolute Gasteiger partial charge is 0.460 e. The molecule has 0 saturated carbocycles. The van der Waals surface area contributed by atoms with E-state index in [1.54, 1.807) is 0 Å². The first kappa shape index (κ1) is 80.3. The Hall–Kier alpha value is -3.73. The van der Waals surface area contributed by atoms with Gasteiger partial charge in [-0.15, -0.1) is 0 Å². The van der Waals surface area contributed by atoms with Crippen molar-refractivity contribution in [3.8, 4) is 0 Å². The third-order valence-corrected chi connectivity index (χ3v) is 11.4. The third kappa shape index (κ3) is 9.27. The Balaban J connectivity index is 5.11. The van der Waals surface area contributed by atoms with Gasteiger partial charge < -0.3 is 19.7 Å². The summed E-state index contributed by atoms with van der Waals surface area (Å²) >= 11 is 0. The quantitative estimate of drug-likeness (QED) is 0.100. The van der Waals surface area contributed by atoms with Gasteiger partial charge in [-0.05, 0) is 13.8 Å². The molecule has 1 fully saturated rings. The van der Waals surface area contributed by atoms with E-state index in [9.17, 15) is 190 Å². The summed E-state index contributed by atoms with van der Waals surface area (Å²) < 4.78 is 727. The van der Waals surface area contributed by atoms with Gasteiger partial charge in [-0.25, -0.2) is 0 Å². The lowest BCUT2D eigenvalue weighted by molar-refractivity contribution is -0.494. The van der Waals surface area contributed by atoms with E-state index < -0.39 is 186 Å². The first-order valence-corrected chi connectivity index (χ1v) is 19.0. The molecule has 0 aromatic carbocycles. The van der Waals surface area contributed by atoms with Crippen LogP contribution in [-0.2, 0) is 9.47 Å². The highest BCUT2D eigenvalue weighted by Crippen LogP contribution is 2.72. The summed E-state index contributed by atoms with van der Waals surface area (Å²) in [5.74, 6) is -219. The second-order valence-electron chi connectivity index (χ2n) is 17.3. The molecule has 3 atom stereocenters. The molecule has 0 spiro atoms. The summed E-state index contributed by atoms with van der Waals surface area (Å²) in [7, 11) is 0. The molecule has 4 nitrogen and oxygen atoms in total. The van der Waals surface area contributed by atoms with Gasteiger partial charge in [0.05, 0.1) is 0 Å². The smallest absolute Gasteiger partial charge is 0.384 e. The van der Waals surface area contributed by atoms with Gasteiger partial charge in [-0.2, -0.15) is 224 Å². The van der Waals surface area contributed by atoms with Crippen LogP contribution < -0.4 is 0 Å². The zero-order valence-electron chi connectivity index (χ0n) is 37.7. The van der Waals surface area contributed by atoms with Crippen molar-refractivity contribution in [2.75, 3.05) is 0 Å². The molecule has 516 valence electrons. The van der Waals surface area contributed by atoms with Crippen molar-refractivity contribution in [1.82, 2.24) is 0 Å². The fourth-order valence-electron chi connectivity index (χ4n) is 6.27. The molecule has 86 heavy (non-hydrogen) atoms. The molecule has 0 aromatic heterocycles. The molecule has 0 bridgehead atoms. The van der Waals surface area contributed by atoms with Crippen molar-refractivity contribution in [3.63, 3.8) is 0 Å². The molecule has 2 N–H and O–H groups in total. The Morgan fingerprint density at radius 1 is 0.244 bits per heavy atom.